The lowest BCUT2D eigenvalue weighted by molar-refractivity contribution is 0.0000387. The van der Waals surface area contributed by atoms with E-state index < -0.39 is 6.10 Å². The van der Waals surface area contributed by atoms with Gasteiger partial charge in [0.05, 0.1) is 12.2 Å². The molecule has 0 aliphatic carbocycles. The Balaban J connectivity index is 2.75. The van der Waals surface area contributed by atoms with Crippen molar-refractivity contribution in [3.63, 3.8) is 0 Å². The number of ether oxygens (including phenoxy) is 1. The van der Waals surface area contributed by atoms with Crippen molar-refractivity contribution in [2.24, 2.45) is 0 Å². The summed E-state index contributed by atoms with van der Waals surface area (Å²) in [5.41, 5.74) is 0.487. The average molecular weight is 277 g/mol. The van der Waals surface area contributed by atoms with Gasteiger partial charge in [-0.2, -0.15) is 0 Å². The van der Waals surface area contributed by atoms with E-state index in [2.05, 4.69) is 15.9 Å². The largest absolute Gasteiger partial charge is 0.390 e. The molecule has 0 bridgehead atoms. The highest BCUT2D eigenvalue weighted by Gasteiger charge is 2.16. The molecule has 0 fully saturated rings. The van der Waals surface area contributed by atoms with Crippen LogP contribution in [0.3, 0.4) is 0 Å². The Morgan fingerprint density at radius 1 is 1.53 bits per heavy atom. The van der Waals surface area contributed by atoms with E-state index in [1.807, 2.05) is 0 Å². The third-order valence-electron chi connectivity index (χ3n) is 2.35. The number of halogens is 2. The van der Waals surface area contributed by atoms with E-state index in [4.69, 9.17) is 4.74 Å². The fourth-order valence-electron chi connectivity index (χ4n) is 1.25. The first-order valence-corrected chi connectivity index (χ1v) is 5.48. The fourth-order valence-corrected chi connectivity index (χ4v) is 1.66. The Labute approximate surface area is 97.2 Å². The molecule has 0 saturated heterocycles. The van der Waals surface area contributed by atoms with Gasteiger partial charge < -0.3 is 9.84 Å². The minimum Gasteiger partial charge on any atom is -0.390 e. The number of rotatable bonds is 4. The average Bonchev–Trinajstić information content (AvgIpc) is 2.22. The van der Waals surface area contributed by atoms with Crippen molar-refractivity contribution in [3.8, 4) is 0 Å². The van der Waals surface area contributed by atoms with Gasteiger partial charge in [-0.1, -0.05) is 15.9 Å². The summed E-state index contributed by atoms with van der Waals surface area (Å²) >= 11 is 3.26. The number of methoxy groups -OCH3 is 1. The van der Waals surface area contributed by atoms with Crippen molar-refractivity contribution in [1.29, 1.82) is 0 Å². The summed E-state index contributed by atoms with van der Waals surface area (Å²) < 4.78 is 19.1. The molecule has 2 nitrogen and oxygen atoms in total. The first-order chi connectivity index (χ1) is 7.04. The molecule has 1 rings (SSSR count). The van der Waals surface area contributed by atoms with Crippen LogP contribution >= 0.6 is 15.9 Å². The van der Waals surface area contributed by atoms with E-state index in [-0.39, 0.29) is 18.3 Å². The van der Waals surface area contributed by atoms with Gasteiger partial charge in [0.25, 0.3) is 0 Å². The maximum absolute atomic E-state index is 13.3. The summed E-state index contributed by atoms with van der Waals surface area (Å²) in [6.45, 7) is 1.75. The second-order valence-corrected chi connectivity index (χ2v) is 4.36. The molecule has 0 radical (unpaired) electrons. The van der Waals surface area contributed by atoms with Crippen molar-refractivity contribution < 1.29 is 14.2 Å². The first-order valence-electron chi connectivity index (χ1n) is 4.69. The van der Waals surface area contributed by atoms with Gasteiger partial charge >= 0.3 is 0 Å². The van der Waals surface area contributed by atoms with Crippen LogP contribution in [0.25, 0.3) is 0 Å². The number of aliphatic hydroxyl groups is 1. The van der Waals surface area contributed by atoms with E-state index in [1.54, 1.807) is 19.1 Å². The molecule has 0 saturated carbocycles. The highest BCUT2D eigenvalue weighted by molar-refractivity contribution is 9.10. The van der Waals surface area contributed by atoms with Crippen LogP contribution < -0.4 is 0 Å². The highest BCUT2D eigenvalue weighted by atomic mass is 79.9. The van der Waals surface area contributed by atoms with Gasteiger partial charge in [-0.3, -0.25) is 0 Å². The van der Waals surface area contributed by atoms with Gasteiger partial charge in [0, 0.05) is 18.0 Å². The quantitative estimate of drug-likeness (QED) is 0.916. The molecule has 0 aliphatic heterocycles. The fraction of sp³-hybridized carbons (Fsp3) is 0.455. The molecule has 1 aromatic rings. The van der Waals surface area contributed by atoms with Crippen molar-refractivity contribution in [2.45, 2.75) is 25.6 Å². The minimum absolute atomic E-state index is 0.250. The molecule has 1 aromatic carbocycles. The molecule has 2 unspecified atom stereocenters. The minimum atomic E-state index is -0.696. The Morgan fingerprint density at radius 2 is 2.20 bits per heavy atom. The third kappa shape index (κ3) is 3.55. The molecule has 0 aliphatic rings. The number of aliphatic hydroxyl groups excluding tert-OH is 1. The van der Waals surface area contributed by atoms with Crippen LogP contribution in [-0.2, 0) is 11.2 Å². The van der Waals surface area contributed by atoms with E-state index in [1.165, 1.54) is 13.2 Å². The second-order valence-electron chi connectivity index (χ2n) is 3.45. The zero-order valence-electron chi connectivity index (χ0n) is 8.71. The maximum Gasteiger partial charge on any atom is 0.126 e. The van der Waals surface area contributed by atoms with Gasteiger partial charge in [0.1, 0.15) is 5.82 Å². The molecule has 0 aromatic heterocycles. The maximum atomic E-state index is 13.3. The lowest BCUT2D eigenvalue weighted by Crippen LogP contribution is -2.27. The molecule has 2 atom stereocenters. The predicted molar refractivity (Wildman–Crippen MR) is 60.3 cm³/mol. The molecule has 0 heterocycles. The highest BCUT2D eigenvalue weighted by Crippen LogP contribution is 2.18. The van der Waals surface area contributed by atoms with Gasteiger partial charge in [-0.15, -0.1) is 0 Å². The topological polar surface area (TPSA) is 29.5 Å². The Kier molecular flexibility index (Phi) is 4.70. The molecule has 0 amide bonds. The first kappa shape index (κ1) is 12.6. The van der Waals surface area contributed by atoms with Crippen LogP contribution in [-0.4, -0.2) is 24.4 Å². The molecule has 1 N–H and O–H groups in total. The number of hydrogen-bond donors (Lipinski definition) is 1. The van der Waals surface area contributed by atoms with Crippen LogP contribution in [0.4, 0.5) is 4.39 Å². The lowest BCUT2D eigenvalue weighted by Gasteiger charge is -2.17. The van der Waals surface area contributed by atoms with Crippen LogP contribution in [0.1, 0.15) is 12.5 Å². The van der Waals surface area contributed by atoms with Gasteiger partial charge in [0.2, 0.25) is 0 Å². The van der Waals surface area contributed by atoms with E-state index in [0.29, 0.717) is 5.56 Å². The summed E-state index contributed by atoms with van der Waals surface area (Å²) in [6.07, 6.45) is -0.748. The van der Waals surface area contributed by atoms with Crippen molar-refractivity contribution in [2.75, 3.05) is 7.11 Å². The molecule has 4 heteroatoms. The van der Waals surface area contributed by atoms with Crippen molar-refractivity contribution in [1.82, 2.24) is 0 Å². The van der Waals surface area contributed by atoms with Gasteiger partial charge in [0.15, 0.2) is 0 Å². The predicted octanol–water partition coefficient (Wildman–Crippen LogP) is 2.53. The Morgan fingerprint density at radius 3 is 2.80 bits per heavy atom. The van der Waals surface area contributed by atoms with Crippen LogP contribution in [0.15, 0.2) is 22.7 Å². The van der Waals surface area contributed by atoms with Crippen LogP contribution in [0.2, 0.25) is 0 Å². The zero-order valence-corrected chi connectivity index (χ0v) is 10.3. The standard InChI is InChI=1S/C11H14BrFO2/c1-7(15-2)11(14)6-8-5-9(12)3-4-10(8)13/h3-5,7,11,14H,6H2,1-2H3. The van der Waals surface area contributed by atoms with Gasteiger partial charge in [-0.05, 0) is 30.7 Å². The van der Waals surface area contributed by atoms with Crippen molar-refractivity contribution >= 4 is 15.9 Å². The lowest BCUT2D eigenvalue weighted by atomic mass is 10.0. The molecular formula is C11H14BrFO2. The monoisotopic (exact) mass is 276 g/mol. The van der Waals surface area contributed by atoms with Gasteiger partial charge in [-0.25, -0.2) is 4.39 Å². The summed E-state index contributed by atoms with van der Waals surface area (Å²) in [6, 6.07) is 4.68. The van der Waals surface area contributed by atoms with Crippen LogP contribution in [0.5, 0.6) is 0 Å². The Bertz CT molecular complexity index is 330. The van der Waals surface area contributed by atoms with Crippen molar-refractivity contribution in [3.05, 3.63) is 34.1 Å². The van der Waals surface area contributed by atoms with E-state index in [0.717, 1.165) is 4.47 Å². The van der Waals surface area contributed by atoms with E-state index in [9.17, 15) is 9.50 Å². The number of hydrogen-bond acceptors (Lipinski definition) is 2. The zero-order chi connectivity index (χ0) is 11.4. The third-order valence-corrected chi connectivity index (χ3v) is 2.84. The second kappa shape index (κ2) is 5.58. The molecular weight excluding hydrogens is 263 g/mol. The summed E-state index contributed by atoms with van der Waals surface area (Å²) in [4.78, 5) is 0. The molecule has 0 spiro atoms. The van der Waals surface area contributed by atoms with E-state index >= 15 is 0 Å². The summed E-state index contributed by atoms with van der Waals surface area (Å²) in [5.74, 6) is -0.305. The SMILES string of the molecule is COC(C)C(O)Cc1cc(Br)ccc1F. The molecule has 15 heavy (non-hydrogen) atoms. The smallest absolute Gasteiger partial charge is 0.126 e. The summed E-state index contributed by atoms with van der Waals surface area (Å²) in [5, 5.41) is 9.68. The molecule has 84 valence electrons. The normalized spacial score (nSPS) is 15.0. The number of benzene rings is 1. The summed E-state index contributed by atoms with van der Waals surface area (Å²) in [7, 11) is 1.52. The Hall–Kier alpha value is -0.450. The van der Waals surface area contributed by atoms with Crippen LogP contribution in [0, 0.1) is 5.82 Å².